The summed E-state index contributed by atoms with van der Waals surface area (Å²) in [6.45, 7) is 3.32. The second kappa shape index (κ2) is 7.40. The molecule has 4 heterocycles. The van der Waals surface area contributed by atoms with Crippen LogP contribution in [-0.2, 0) is 16.0 Å². The SMILES string of the molecule is O=C1Cc2ncc(-c3ccc(N4CCOCC4)cc3)nc2N1c1ccc2scnc2c1. The highest BCUT2D eigenvalue weighted by Gasteiger charge is 2.32. The van der Waals surface area contributed by atoms with Crippen LogP contribution >= 0.6 is 11.3 Å². The minimum Gasteiger partial charge on any atom is -0.378 e. The van der Waals surface area contributed by atoms with E-state index in [1.807, 2.05) is 23.7 Å². The zero-order valence-electron chi connectivity index (χ0n) is 16.7. The normalized spacial score (nSPS) is 16.2. The predicted octanol–water partition coefficient (Wildman–Crippen LogP) is 3.81. The van der Waals surface area contributed by atoms with Crippen molar-refractivity contribution < 1.29 is 9.53 Å². The number of thiazole rings is 1. The van der Waals surface area contributed by atoms with Gasteiger partial charge in [0.05, 0.1) is 58.6 Å². The summed E-state index contributed by atoms with van der Waals surface area (Å²) in [5, 5.41) is 0. The number of fused-ring (bicyclic) bond motifs is 2. The predicted molar refractivity (Wildman–Crippen MR) is 121 cm³/mol. The quantitative estimate of drug-likeness (QED) is 0.493. The number of anilines is 3. The number of ether oxygens (including phenoxy) is 1. The molecule has 0 N–H and O–H groups in total. The maximum atomic E-state index is 12.8. The van der Waals surface area contributed by atoms with Gasteiger partial charge in [-0.1, -0.05) is 12.1 Å². The number of carbonyl (C=O) groups is 1. The van der Waals surface area contributed by atoms with Crippen molar-refractivity contribution in [1.82, 2.24) is 15.0 Å². The molecule has 1 amide bonds. The third-order valence-electron chi connectivity index (χ3n) is 5.72. The Morgan fingerprint density at radius 3 is 2.61 bits per heavy atom. The Morgan fingerprint density at radius 1 is 0.968 bits per heavy atom. The lowest BCUT2D eigenvalue weighted by molar-refractivity contribution is -0.116. The molecule has 2 aromatic heterocycles. The second-order valence-electron chi connectivity index (χ2n) is 7.58. The molecule has 154 valence electrons. The van der Waals surface area contributed by atoms with Gasteiger partial charge in [-0.15, -0.1) is 11.3 Å². The number of benzene rings is 2. The van der Waals surface area contributed by atoms with Gasteiger partial charge in [0.15, 0.2) is 5.82 Å². The second-order valence-corrected chi connectivity index (χ2v) is 8.47. The molecule has 7 nitrogen and oxygen atoms in total. The molecule has 0 aliphatic carbocycles. The van der Waals surface area contributed by atoms with E-state index in [0.29, 0.717) is 11.5 Å². The van der Waals surface area contributed by atoms with E-state index in [1.54, 1.807) is 22.4 Å². The summed E-state index contributed by atoms with van der Waals surface area (Å²) < 4.78 is 6.53. The molecule has 8 heteroatoms. The van der Waals surface area contributed by atoms with Gasteiger partial charge >= 0.3 is 0 Å². The van der Waals surface area contributed by atoms with Gasteiger partial charge in [-0.2, -0.15) is 0 Å². The largest absolute Gasteiger partial charge is 0.378 e. The third kappa shape index (κ3) is 3.24. The zero-order chi connectivity index (χ0) is 20.8. The fourth-order valence-electron chi connectivity index (χ4n) is 4.10. The van der Waals surface area contributed by atoms with E-state index in [4.69, 9.17) is 9.72 Å². The van der Waals surface area contributed by atoms with Crippen LogP contribution in [-0.4, -0.2) is 47.2 Å². The highest BCUT2D eigenvalue weighted by atomic mass is 32.1. The van der Waals surface area contributed by atoms with Gasteiger partial charge in [0.2, 0.25) is 5.91 Å². The van der Waals surface area contributed by atoms with Gasteiger partial charge < -0.3 is 9.64 Å². The summed E-state index contributed by atoms with van der Waals surface area (Å²) in [6.07, 6.45) is 2.01. The summed E-state index contributed by atoms with van der Waals surface area (Å²) in [6, 6.07) is 14.2. The number of carbonyl (C=O) groups excluding carboxylic acids is 1. The molecule has 1 fully saturated rings. The van der Waals surface area contributed by atoms with Crippen molar-refractivity contribution in [2.45, 2.75) is 6.42 Å². The molecule has 0 spiro atoms. The first-order valence-corrected chi connectivity index (χ1v) is 11.1. The van der Waals surface area contributed by atoms with Crippen LogP contribution in [0.15, 0.2) is 54.2 Å². The minimum absolute atomic E-state index is 0.0237. The van der Waals surface area contributed by atoms with Crippen molar-refractivity contribution in [3.05, 3.63) is 59.9 Å². The van der Waals surface area contributed by atoms with Gasteiger partial charge in [-0.3, -0.25) is 14.7 Å². The Hall–Kier alpha value is -3.36. The number of hydrogen-bond donors (Lipinski definition) is 0. The summed E-state index contributed by atoms with van der Waals surface area (Å²) in [5.41, 5.74) is 7.07. The highest BCUT2D eigenvalue weighted by molar-refractivity contribution is 7.16. The molecule has 0 bridgehead atoms. The molecule has 1 saturated heterocycles. The Labute approximate surface area is 182 Å². The number of amides is 1. The summed E-state index contributed by atoms with van der Waals surface area (Å²) in [7, 11) is 0. The average Bonchev–Trinajstić information content (AvgIpc) is 3.42. The van der Waals surface area contributed by atoms with E-state index < -0.39 is 0 Å². The number of rotatable bonds is 3. The van der Waals surface area contributed by atoms with Crippen LogP contribution in [0.3, 0.4) is 0 Å². The molecule has 0 unspecified atom stereocenters. The van der Waals surface area contributed by atoms with E-state index in [-0.39, 0.29) is 12.3 Å². The Bertz CT molecular complexity index is 1280. The highest BCUT2D eigenvalue weighted by Crippen LogP contribution is 2.36. The molecule has 2 aliphatic heterocycles. The van der Waals surface area contributed by atoms with E-state index in [9.17, 15) is 4.79 Å². The summed E-state index contributed by atoms with van der Waals surface area (Å²) in [4.78, 5) is 30.5. The van der Waals surface area contributed by atoms with Crippen LogP contribution in [0.25, 0.3) is 21.5 Å². The first kappa shape index (κ1) is 18.4. The fraction of sp³-hybridized carbons (Fsp3) is 0.217. The molecule has 2 aromatic carbocycles. The third-order valence-corrected chi connectivity index (χ3v) is 6.53. The van der Waals surface area contributed by atoms with Crippen molar-refractivity contribution in [1.29, 1.82) is 0 Å². The lowest BCUT2D eigenvalue weighted by Crippen LogP contribution is -2.36. The standard InChI is InChI=1S/C23H19N5O2S/c29-22-12-19-23(28(22)17-5-6-21-18(11-17)25-14-31-21)26-20(13-24-19)15-1-3-16(4-2-15)27-7-9-30-10-8-27/h1-6,11,13-14H,7-10,12H2. The van der Waals surface area contributed by atoms with E-state index >= 15 is 0 Å². The smallest absolute Gasteiger partial charge is 0.238 e. The van der Waals surface area contributed by atoms with Crippen LogP contribution in [0.5, 0.6) is 0 Å². The van der Waals surface area contributed by atoms with Crippen molar-refractivity contribution in [3.63, 3.8) is 0 Å². The van der Waals surface area contributed by atoms with Crippen molar-refractivity contribution in [2.24, 2.45) is 0 Å². The summed E-state index contributed by atoms with van der Waals surface area (Å²) >= 11 is 1.58. The van der Waals surface area contributed by atoms with E-state index in [2.05, 4.69) is 39.1 Å². The molecule has 4 aromatic rings. The minimum atomic E-state index is -0.0237. The van der Waals surface area contributed by atoms with Crippen LogP contribution < -0.4 is 9.80 Å². The topological polar surface area (TPSA) is 71.5 Å². The molecule has 6 rings (SSSR count). The monoisotopic (exact) mass is 429 g/mol. The van der Waals surface area contributed by atoms with E-state index in [1.165, 1.54) is 5.69 Å². The molecular weight excluding hydrogens is 410 g/mol. The lowest BCUT2D eigenvalue weighted by Gasteiger charge is -2.28. The lowest BCUT2D eigenvalue weighted by atomic mass is 10.1. The Balaban J connectivity index is 1.34. The first-order chi connectivity index (χ1) is 15.3. The van der Waals surface area contributed by atoms with Crippen molar-refractivity contribution >= 4 is 44.7 Å². The van der Waals surface area contributed by atoms with Crippen LogP contribution in [0.2, 0.25) is 0 Å². The van der Waals surface area contributed by atoms with Crippen LogP contribution in [0.4, 0.5) is 17.2 Å². The maximum absolute atomic E-state index is 12.8. The van der Waals surface area contributed by atoms with Gasteiger partial charge in [-0.25, -0.2) is 9.97 Å². The van der Waals surface area contributed by atoms with Gasteiger partial charge in [0.25, 0.3) is 0 Å². The van der Waals surface area contributed by atoms with Gasteiger partial charge in [-0.05, 0) is 30.3 Å². The number of aromatic nitrogens is 3. The zero-order valence-corrected chi connectivity index (χ0v) is 17.5. The Morgan fingerprint density at radius 2 is 1.77 bits per heavy atom. The van der Waals surface area contributed by atoms with Crippen molar-refractivity contribution in [2.75, 3.05) is 36.1 Å². The molecular formula is C23H19N5O2S. The van der Waals surface area contributed by atoms with Gasteiger partial charge in [0.1, 0.15) is 0 Å². The molecule has 2 aliphatic rings. The Kier molecular flexibility index (Phi) is 4.40. The van der Waals surface area contributed by atoms with Gasteiger partial charge in [0, 0.05) is 24.3 Å². The summed E-state index contributed by atoms with van der Waals surface area (Å²) in [5.74, 6) is 0.582. The molecule has 0 atom stereocenters. The first-order valence-electron chi connectivity index (χ1n) is 10.2. The molecule has 31 heavy (non-hydrogen) atoms. The average molecular weight is 430 g/mol. The van der Waals surface area contributed by atoms with Crippen LogP contribution in [0.1, 0.15) is 5.69 Å². The number of nitrogens with zero attached hydrogens (tertiary/aromatic N) is 5. The molecule has 0 saturated carbocycles. The fourth-order valence-corrected chi connectivity index (χ4v) is 4.76. The van der Waals surface area contributed by atoms with Crippen molar-refractivity contribution in [3.8, 4) is 11.3 Å². The van der Waals surface area contributed by atoms with E-state index in [0.717, 1.165) is 53.5 Å². The number of morpholine rings is 1. The maximum Gasteiger partial charge on any atom is 0.238 e. The number of hydrogen-bond acceptors (Lipinski definition) is 7. The molecule has 0 radical (unpaired) electrons. The van der Waals surface area contributed by atoms with Crippen LogP contribution in [0, 0.1) is 0 Å².